The Morgan fingerprint density at radius 2 is 1.95 bits per heavy atom. The zero-order valence-electron chi connectivity index (χ0n) is 11.7. The summed E-state index contributed by atoms with van der Waals surface area (Å²) < 4.78 is 17.2. The minimum Gasteiger partial charge on any atom is -0.350 e. The first-order valence-electron chi connectivity index (χ1n) is 6.78. The van der Waals surface area contributed by atoms with E-state index in [0.717, 1.165) is 31.8 Å². The molecule has 0 aliphatic rings. The lowest BCUT2D eigenvalue weighted by Gasteiger charge is -2.10. The predicted molar refractivity (Wildman–Crippen MR) is 89.1 cm³/mol. The third kappa shape index (κ3) is 1.93. The Hall–Kier alpha value is -2.27. The zero-order chi connectivity index (χ0) is 15.3. The maximum Gasteiger partial charge on any atom is 0.132 e. The molecular formula is C17H11BrFN3. The van der Waals surface area contributed by atoms with Gasteiger partial charge < -0.3 is 4.57 Å². The second-order valence-corrected chi connectivity index (χ2v) is 6.11. The molecule has 0 atom stereocenters. The summed E-state index contributed by atoms with van der Waals surface area (Å²) in [5.74, 6) is -0.259. The Kier molecular flexibility index (Phi) is 2.97. The molecule has 0 radical (unpaired) electrons. The SMILES string of the molecule is Cn1ccc2c3cncnc3cc(-c3ccc(Br)cc3F)c21. The first-order valence-corrected chi connectivity index (χ1v) is 7.57. The van der Waals surface area contributed by atoms with Gasteiger partial charge in [0.25, 0.3) is 0 Å². The number of nitrogens with zero attached hydrogens (tertiary/aromatic N) is 3. The summed E-state index contributed by atoms with van der Waals surface area (Å²) in [7, 11) is 1.96. The van der Waals surface area contributed by atoms with Crippen LogP contribution in [0, 0.1) is 5.82 Å². The molecule has 22 heavy (non-hydrogen) atoms. The van der Waals surface area contributed by atoms with Crippen molar-refractivity contribution in [3.8, 4) is 11.1 Å². The van der Waals surface area contributed by atoms with Crippen molar-refractivity contribution in [3.05, 3.63) is 59.3 Å². The average Bonchev–Trinajstić information content (AvgIpc) is 2.89. The van der Waals surface area contributed by atoms with Crippen LogP contribution in [0.25, 0.3) is 32.9 Å². The number of hydrogen-bond donors (Lipinski definition) is 0. The van der Waals surface area contributed by atoms with Crippen LogP contribution >= 0.6 is 15.9 Å². The fourth-order valence-corrected chi connectivity index (χ4v) is 3.20. The van der Waals surface area contributed by atoms with Crippen molar-refractivity contribution < 1.29 is 4.39 Å². The second kappa shape index (κ2) is 4.88. The molecule has 0 aliphatic carbocycles. The number of aromatic nitrogens is 3. The van der Waals surface area contributed by atoms with Gasteiger partial charge in [-0.1, -0.05) is 22.0 Å². The van der Waals surface area contributed by atoms with Crippen molar-refractivity contribution >= 4 is 37.7 Å². The zero-order valence-corrected chi connectivity index (χ0v) is 13.3. The molecule has 5 heteroatoms. The van der Waals surface area contributed by atoms with E-state index < -0.39 is 0 Å². The number of fused-ring (bicyclic) bond motifs is 3. The van der Waals surface area contributed by atoms with Gasteiger partial charge >= 0.3 is 0 Å². The van der Waals surface area contributed by atoms with Gasteiger partial charge in [-0.2, -0.15) is 0 Å². The molecule has 0 aliphatic heterocycles. The number of benzene rings is 2. The topological polar surface area (TPSA) is 30.7 Å². The molecule has 0 saturated heterocycles. The van der Waals surface area contributed by atoms with Crippen molar-refractivity contribution in [2.24, 2.45) is 7.05 Å². The molecule has 0 N–H and O–H groups in total. The molecule has 2 aromatic carbocycles. The van der Waals surface area contributed by atoms with Crippen molar-refractivity contribution in [3.63, 3.8) is 0 Å². The summed E-state index contributed by atoms with van der Waals surface area (Å²) in [6.07, 6.45) is 5.28. The van der Waals surface area contributed by atoms with E-state index in [2.05, 4.69) is 25.9 Å². The Morgan fingerprint density at radius 3 is 2.77 bits per heavy atom. The number of halogens is 2. The van der Waals surface area contributed by atoms with Crippen LogP contribution in [0.1, 0.15) is 0 Å². The number of rotatable bonds is 1. The summed E-state index contributed by atoms with van der Waals surface area (Å²) >= 11 is 3.30. The highest BCUT2D eigenvalue weighted by Gasteiger charge is 2.15. The molecule has 0 amide bonds. The lowest BCUT2D eigenvalue weighted by molar-refractivity contribution is 0.630. The molecule has 108 valence electrons. The van der Waals surface area contributed by atoms with Crippen LogP contribution in [0.2, 0.25) is 0 Å². The lowest BCUT2D eigenvalue weighted by atomic mass is 10.00. The third-order valence-corrected chi connectivity index (χ3v) is 4.36. The van der Waals surface area contributed by atoms with E-state index in [-0.39, 0.29) is 5.82 Å². The molecule has 0 fully saturated rings. The Balaban J connectivity index is 2.17. The molecule has 0 saturated carbocycles. The van der Waals surface area contributed by atoms with E-state index in [1.807, 2.05) is 36.0 Å². The van der Waals surface area contributed by atoms with E-state index in [9.17, 15) is 4.39 Å². The van der Waals surface area contributed by atoms with Gasteiger partial charge in [-0.05, 0) is 24.3 Å². The van der Waals surface area contributed by atoms with E-state index >= 15 is 0 Å². The molecular weight excluding hydrogens is 345 g/mol. The normalized spacial score (nSPS) is 11.4. The van der Waals surface area contributed by atoms with Gasteiger partial charge in [0.1, 0.15) is 12.1 Å². The van der Waals surface area contributed by atoms with Gasteiger partial charge in [0.05, 0.1) is 11.0 Å². The molecule has 3 nitrogen and oxygen atoms in total. The monoisotopic (exact) mass is 355 g/mol. The highest BCUT2D eigenvalue weighted by atomic mass is 79.9. The van der Waals surface area contributed by atoms with Crippen LogP contribution in [0.15, 0.2) is 53.5 Å². The first kappa shape index (κ1) is 13.4. The smallest absolute Gasteiger partial charge is 0.132 e. The van der Waals surface area contributed by atoms with Crippen molar-refractivity contribution in [1.82, 2.24) is 14.5 Å². The fraction of sp³-hybridized carbons (Fsp3) is 0.0588. The van der Waals surface area contributed by atoms with Crippen LogP contribution in [-0.2, 0) is 7.05 Å². The van der Waals surface area contributed by atoms with Crippen LogP contribution in [-0.4, -0.2) is 14.5 Å². The summed E-state index contributed by atoms with van der Waals surface area (Å²) in [4.78, 5) is 8.43. The minimum absolute atomic E-state index is 0.259. The third-order valence-electron chi connectivity index (χ3n) is 3.86. The van der Waals surface area contributed by atoms with Crippen molar-refractivity contribution in [2.75, 3.05) is 0 Å². The Morgan fingerprint density at radius 1 is 1.09 bits per heavy atom. The van der Waals surface area contributed by atoms with E-state index in [1.54, 1.807) is 12.3 Å². The highest BCUT2D eigenvalue weighted by Crippen LogP contribution is 2.36. The predicted octanol–water partition coefficient (Wildman–Crippen LogP) is 4.69. The van der Waals surface area contributed by atoms with E-state index in [0.29, 0.717) is 5.56 Å². The quantitative estimate of drug-likeness (QED) is 0.495. The molecule has 0 bridgehead atoms. The van der Waals surface area contributed by atoms with E-state index in [1.165, 1.54) is 12.4 Å². The maximum absolute atomic E-state index is 14.4. The average molecular weight is 356 g/mol. The van der Waals surface area contributed by atoms with Gasteiger partial charge in [-0.15, -0.1) is 0 Å². The minimum atomic E-state index is -0.259. The van der Waals surface area contributed by atoms with Gasteiger partial charge in [0.2, 0.25) is 0 Å². The van der Waals surface area contributed by atoms with Gasteiger partial charge in [0.15, 0.2) is 0 Å². The summed E-state index contributed by atoms with van der Waals surface area (Å²) in [5, 5.41) is 2.00. The van der Waals surface area contributed by atoms with Crippen LogP contribution in [0.3, 0.4) is 0 Å². The van der Waals surface area contributed by atoms with Gasteiger partial charge in [0, 0.05) is 45.8 Å². The molecule has 4 rings (SSSR count). The Bertz CT molecular complexity index is 1020. The van der Waals surface area contributed by atoms with E-state index in [4.69, 9.17) is 0 Å². The number of aryl methyl sites for hydroxylation is 1. The van der Waals surface area contributed by atoms with Gasteiger partial charge in [-0.3, -0.25) is 0 Å². The largest absolute Gasteiger partial charge is 0.350 e. The van der Waals surface area contributed by atoms with Crippen molar-refractivity contribution in [2.45, 2.75) is 0 Å². The maximum atomic E-state index is 14.4. The van der Waals surface area contributed by atoms with Crippen LogP contribution in [0.5, 0.6) is 0 Å². The standard InChI is InChI=1S/C17H11BrFN3/c1-22-5-4-12-14-8-20-9-21-16(14)7-13(17(12)22)11-3-2-10(18)6-15(11)19/h2-9H,1H3. The molecule has 2 aromatic heterocycles. The van der Waals surface area contributed by atoms with Gasteiger partial charge in [-0.25, -0.2) is 14.4 Å². The summed E-state index contributed by atoms with van der Waals surface area (Å²) in [5.41, 5.74) is 3.18. The second-order valence-electron chi connectivity index (χ2n) is 5.19. The fourth-order valence-electron chi connectivity index (χ4n) is 2.86. The van der Waals surface area contributed by atoms with Crippen molar-refractivity contribution in [1.29, 1.82) is 0 Å². The highest BCUT2D eigenvalue weighted by molar-refractivity contribution is 9.10. The lowest BCUT2D eigenvalue weighted by Crippen LogP contribution is -1.93. The first-order chi connectivity index (χ1) is 10.6. The summed E-state index contributed by atoms with van der Waals surface area (Å²) in [6.45, 7) is 0. The Labute approximate surface area is 134 Å². The molecule has 0 spiro atoms. The van der Waals surface area contributed by atoms with Crippen LogP contribution < -0.4 is 0 Å². The molecule has 0 unspecified atom stereocenters. The van der Waals surface area contributed by atoms with Crippen LogP contribution in [0.4, 0.5) is 4.39 Å². The molecule has 4 aromatic rings. The molecule has 2 heterocycles. The number of hydrogen-bond acceptors (Lipinski definition) is 2. The summed E-state index contributed by atoms with van der Waals surface area (Å²) in [6, 6.07) is 9.05.